The van der Waals surface area contributed by atoms with Crippen molar-refractivity contribution in [3.8, 4) is 12.1 Å². The van der Waals surface area contributed by atoms with Gasteiger partial charge in [0.2, 0.25) is 0 Å². The molecule has 0 aliphatic heterocycles. The van der Waals surface area contributed by atoms with E-state index in [0.717, 1.165) is 47.7 Å². The van der Waals surface area contributed by atoms with Crippen LogP contribution in [0.2, 0.25) is 0 Å². The van der Waals surface area contributed by atoms with Gasteiger partial charge in [0.1, 0.15) is 49.7 Å². The highest BCUT2D eigenvalue weighted by molar-refractivity contribution is 5.98. The first-order chi connectivity index (χ1) is 26.1. The fraction of sp³-hybridized carbons (Fsp3) is 0.238. The molecule has 54 heavy (non-hydrogen) atoms. The van der Waals surface area contributed by atoms with Gasteiger partial charge in [-0.25, -0.2) is 19.2 Å². The smallest absolute Gasteiger partial charge is 0.349 e. The van der Waals surface area contributed by atoms with Crippen molar-refractivity contribution in [2.75, 3.05) is 49.3 Å². The van der Waals surface area contributed by atoms with Gasteiger partial charge in [-0.2, -0.15) is 10.5 Å². The minimum absolute atomic E-state index is 0.137. The van der Waals surface area contributed by atoms with E-state index in [1.54, 1.807) is 0 Å². The molecular formula is C42H42N4O8. The van der Waals surface area contributed by atoms with Crippen LogP contribution in [0.1, 0.15) is 36.1 Å². The highest BCUT2D eigenvalue weighted by atomic mass is 16.6. The monoisotopic (exact) mass is 730 g/mol. The SMILES string of the molecule is C=CC(=O)OCCOC(=O)/C(C#N)=C/c1ccc(N(CC)Cc2ccc(CN(CC)c3ccc(/C=C(\C#N)C(=O)OCCOC(=O)C=C)cc3)cc2)cc1. The largest absolute Gasteiger partial charge is 0.459 e. The zero-order valence-electron chi connectivity index (χ0n) is 30.4. The fourth-order valence-corrected chi connectivity index (χ4v) is 4.96. The Balaban J connectivity index is 1.57. The molecule has 0 unspecified atom stereocenters. The molecule has 0 bridgehead atoms. The van der Waals surface area contributed by atoms with Crippen molar-refractivity contribution < 1.29 is 38.1 Å². The highest BCUT2D eigenvalue weighted by Gasteiger charge is 2.14. The Morgan fingerprint density at radius 1 is 0.574 bits per heavy atom. The van der Waals surface area contributed by atoms with E-state index < -0.39 is 23.9 Å². The molecule has 0 atom stereocenters. The molecule has 3 aromatic carbocycles. The third-order valence-corrected chi connectivity index (χ3v) is 7.81. The quantitative estimate of drug-likeness (QED) is 0.0433. The molecule has 0 aromatic heterocycles. The number of nitrogens with zero attached hydrogens (tertiary/aromatic N) is 4. The number of hydrogen-bond donors (Lipinski definition) is 0. The average Bonchev–Trinajstić information content (AvgIpc) is 3.20. The maximum Gasteiger partial charge on any atom is 0.349 e. The van der Waals surface area contributed by atoms with Gasteiger partial charge >= 0.3 is 23.9 Å². The van der Waals surface area contributed by atoms with Crippen LogP contribution in [0.15, 0.2) is 109 Å². The highest BCUT2D eigenvalue weighted by Crippen LogP contribution is 2.22. The Labute approximate surface area is 315 Å². The van der Waals surface area contributed by atoms with Crippen LogP contribution in [0.4, 0.5) is 11.4 Å². The second-order valence-electron chi connectivity index (χ2n) is 11.4. The molecular weight excluding hydrogens is 688 g/mol. The number of ether oxygens (including phenoxy) is 4. The molecule has 3 aromatic rings. The van der Waals surface area contributed by atoms with Crippen LogP contribution in [0.3, 0.4) is 0 Å². The van der Waals surface area contributed by atoms with E-state index >= 15 is 0 Å². The van der Waals surface area contributed by atoms with Crippen molar-refractivity contribution in [3.05, 3.63) is 132 Å². The summed E-state index contributed by atoms with van der Waals surface area (Å²) in [6.45, 7) is 12.9. The summed E-state index contributed by atoms with van der Waals surface area (Å²) in [7, 11) is 0. The number of carbonyl (C=O) groups is 4. The van der Waals surface area contributed by atoms with E-state index in [4.69, 9.17) is 18.9 Å². The average molecular weight is 731 g/mol. The second kappa shape index (κ2) is 22.1. The van der Waals surface area contributed by atoms with Crippen molar-refractivity contribution in [2.24, 2.45) is 0 Å². The van der Waals surface area contributed by atoms with E-state index in [-0.39, 0.29) is 37.6 Å². The first-order valence-corrected chi connectivity index (χ1v) is 17.1. The number of anilines is 2. The normalized spacial score (nSPS) is 10.9. The maximum atomic E-state index is 12.3. The molecule has 0 amide bonds. The zero-order chi connectivity index (χ0) is 39.3. The molecule has 0 saturated carbocycles. The molecule has 278 valence electrons. The molecule has 12 nitrogen and oxygen atoms in total. The number of nitriles is 2. The summed E-state index contributed by atoms with van der Waals surface area (Å²) in [5.74, 6) is -2.87. The van der Waals surface area contributed by atoms with Gasteiger partial charge in [-0.3, -0.25) is 0 Å². The van der Waals surface area contributed by atoms with Gasteiger partial charge in [-0.15, -0.1) is 0 Å². The van der Waals surface area contributed by atoms with Crippen molar-refractivity contribution in [1.82, 2.24) is 0 Å². The third kappa shape index (κ3) is 13.3. The molecule has 3 rings (SSSR count). The van der Waals surface area contributed by atoms with Gasteiger partial charge in [-0.1, -0.05) is 61.7 Å². The van der Waals surface area contributed by atoms with Gasteiger partial charge < -0.3 is 28.7 Å². The van der Waals surface area contributed by atoms with Gasteiger partial charge in [0.15, 0.2) is 0 Å². The van der Waals surface area contributed by atoms with Gasteiger partial charge in [0.05, 0.1) is 0 Å². The first-order valence-electron chi connectivity index (χ1n) is 17.1. The molecule has 0 aliphatic rings. The number of rotatable bonds is 20. The van der Waals surface area contributed by atoms with Gasteiger partial charge in [0, 0.05) is 49.7 Å². The number of esters is 4. The Bertz CT molecular complexity index is 1780. The predicted octanol–water partition coefficient (Wildman–Crippen LogP) is 6.10. The summed E-state index contributed by atoms with van der Waals surface area (Å²) in [6.07, 6.45) is 4.91. The van der Waals surface area contributed by atoms with E-state index in [9.17, 15) is 29.7 Å². The summed E-state index contributed by atoms with van der Waals surface area (Å²) >= 11 is 0. The van der Waals surface area contributed by atoms with Crippen molar-refractivity contribution in [1.29, 1.82) is 10.5 Å². The lowest BCUT2D eigenvalue weighted by atomic mass is 10.1. The minimum atomic E-state index is -0.807. The fourth-order valence-electron chi connectivity index (χ4n) is 4.96. The molecule has 0 saturated heterocycles. The minimum Gasteiger partial charge on any atom is -0.459 e. The molecule has 12 heteroatoms. The lowest BCUT2D eigenvalue weighted by molar-refractivity contribution is -0.146. The summed E-state index contributed by atoms with van der Waals surface area (Å²) in [6, 6.07) is 27.1. The van der Waals surface area contributed by atoms with Crippen LogP contribution in [-0.4, -0.2) is 63.4 Å². The summed E-state index contributed by atoms with van der Waals surface area (Å²) < 4.78 is 19.6. The van der Waals surface area contributed by atoms with E-state index in [1.807, 2.05) is 60.7 Å². The van der Waals surface area contributed by atoms with Gasteiger partial charge in [0.25, 0.3) is 0 Å². The van der Waals surface area contributed by atoms with Crippen molar-refractivity contribution >= 4 is 47.4 Å². The lowest BCUT2D eigenvalue weighted by Gasteiger charge is -2.25. The van der Waals surface area contributed by atoms with E-state index in [0.29, 0.717) is 24.2 Å². The first kappa shape index (κ1) is 41.5. The lowest BCUT2D eigenvalue weighted by Crippen LogP contribution is -2.23. The summed E-state index contributed by atoms with van der Waals surface area (Å²) in [4.78, 5) is 51.2. The molecule has 0 N–H and O–H groups in total. The molecule has 0 fully saturated rings. The second-order valence-corrected chi connectivity index (χ2v) is 11.4. The van der Waals surface area contributed by atoms with Crippen LogP contribution in [0.5, 0.6) is 0 Å². The predicted molar refractivity (Wildman–Crippen MR) is 204 cm³/mol. The van der Waals surface area contributed by atoms with Gasteiger partial charge in [-0.05, 0) is 72.5 Å². The molecule has 0 spiro atoms. The number of benzene rings is 3. The Morgan fingerprint density at radius 2 is 0.907 bits per heavy atom. The van der Waals surface area contributed by atoms with E-state index in [2.05, 4.69) is 61.1 Å². The van der Waals surface area contributed by atoms with Crippen molar-refractivity contribution in [3.63, 3.8) is 0 Å². The Morgan fingerprint density at radius 3 is 1.20 bits per heavy atom. The van der Waals surface area contributed by atoms with Crippen LogP contribution in [0.25, 0.3) is 12.2 Å². The molecule has 0 aliphatic carbocycles. The summed E-state index contributed by atoms with van der Waals surface area (Å²) in [5.41, 5.74) is 5.18. The van der Waals surface area contributed by atoms with E-state index in [1.165, 1.54) is 12.2 Å². The number of hydrogen-bond acceptors (Lipinski definition) is 12. The van der Waals surface area contributed by atoms with Crippen LogP contribution >= 0.6 is 0 Å². The maximum absolute atomic E-state index is 12.3. The van der Waals surface area contributed by atoms with Crippen LogP contribution < -0.4 is 9.80 Å². The summed E-state index contributed by atoms with van der Waals surface area (Å²) in [5, 5.41) is 18.9. The van der Waals surface area contributed by atoms with Crippen LogP contribution in [-0.2, 0) is 51.2 Å². The zero-order valence-corrected chi connectivity index (χ0v) is 30.4. The Kier molecular flexibility index (Phi) is 17.0. The standard InChI is InChI=1S/C42H42N4O8/c1-5-39(47)51-21-23-53-41(49)35(27-43)25-31-13-17-37(18-14-31)45(7-3)29-33-9-11-34(12-10-33)30-46(8-4)38-19-15-32(16-20-38)26-36(28-44)42(50)54-24-22-52-40(48)6-2/h5-6,9-20,25-26H,1-2,7-8,21-24,29-30H2,3-4H3/b35-25+,36-26+. The topological polar surface area (TPSA) is 159 Å². The molecule has 0 heterocycles. The number of carbonyl (C=O) groups excluding carboxylic acids is 4. The Hall–Kier alpha value is -6.92. The third-order valence-electron chi connectivity index (χ3n) is 7.81. The van der Waals surface area contributed by atoms with Crippen molar-refractivity contribution in [2.45, 2.75) is 26.9 Å². The van der Waals surface area contributed by atoms with Crippen LogP contribution in [0, 0.1) is 22.7 Å². The molecule has 0 radical (unpaired) electrons.